The summed E-state index contributed by atoms with van der Waals surface area (Å²) >= 11 is 0. The Labute approximate surface area is 277 Å². The number of aryl methyl sites for hydroxylation is 1. The summed E-state index contributed by atoms with van der Waals surface area (Å²) in [7, 11) is 1.63. The molecule has 0 spiro atoms. The molecule has 4 aromatic rings. The Bertz CT molecular complexity index is 1670. The molecule has 0 bridgehead atoms. The summed E-state index contributed by atoms with van der Waals surface area (Å²) in [5, 5.41) is 19.2. The number of benzene rings is 4. The minimum Gasteiger partial charge on any atom is -0.382 e. The lowest BCUT2D eigenvalue weighted by Gasteiger charge is -2.51. The van der Waals surface area contributed by atoms with Crippen LogP contribution >= 0.6 is 0 Å². The minimum absolute atomic E-state index is 0.0465. The quantitative estimate of drug-likeness (QED) is 0.110. The first-order valence-corrected chi connectivity index (χ1v) is 15.9. The zero-order valence-electron chi connectivity index (χ0n) is 26.7. The van der Waals surface area contributed by atoms with Crippen LogP contribution in [0.3, 0.4) is 0 Å². The van der Waals surface area contributed by atoms with E-state index in [-0.39, 0.29) is 24.9 Å². The van der Waals surface area contributed by atoms with Crippen LogP contribution < -0.4 is 0 Å². The standard InChI is InChI=1S/C39H40N4O4/c1-45-20-21-46-29-47-38-36(19-18-30-10-4-2-5-11-30)42(27-34-16-8-14-32(22-34)25-40)39(44)43(28-35-17-9-15-33(23-35)26-41)37(38)24-31-12-6-3-7-13-31/h2-17,22-23,36-38H,18-21,24,27-29H2,1H3/t36-,37-,38-/m1/s1. The summed E-state index contributed by atoms with van der Waals surface area (Å²) < 4.78 is 17.7. The largest absolute Gasteiger partial charge is 0.382 e. The van der Waals surface area contributed by atoms with Gasteiger partial charge >= 0.3 is 6.03 Å². The summed E-state index contributed by atoms with van der Waals surface area (Å²) in [5.41, 5.74) is 5.07. The van der Waals surface area contributed by atoms with E-state index in [2.05, 4.69) is 36.4 Å². The smallest absolute Gasteiger partial charge is 0.321 e. The first-order valence-electron chi connectivity index (χ1n) is 15.9. The Morgan fingerprint density at radius 2 is 1.23 bits per heavy atom. The molecule has 1 heterocycles. The highest BCUT2D eigenvalue weighted by atomic mass is 16.7. The molecule has 1 fully saturated rings. The topological polar surface area (TPSA) is 98.8 Å². The minimum atomic E-state index is -0.419. The maximum atomic E-state index is 14.8. The molecule has 0 N–H and O–H groups in total. The molecule has 4 aromatic carbocycles. The number of hydrogen-bond donors (Lipinski definition) is 0. The third-order valence-corrected chi connectivity index (χ3v) is 8.50. The van der Waals surface area contributed by atoms with Crippen LogP contribution in [0.15, 0.2) is 109 Å². The van der Waals surface area contributed by atoms with Gasteiger partial charge in [0, 0.05) is 20.2 Å². The van der Waals surface area contributed by atoms with Crippen LogP contribution in [0.5, 0.6) is 0 Å². The number of methoxy groups -OCH3 is 1. The maximum absolute atomic E-state index is 14.8. The van der Waals surface area contributed by atoms with Gasteiger partial charge in [0.05, 0.1) is 48.6 Å². The van der Waals surface area contributed by atoms with Crippen molar-refractivity contribution in [2.45, 2.75) is 50.5 Å². The van der Waals surface area contributed by atoms with E-state index in [0.29, 0.717) is 50.3 Å². The maximum Gasteiger partial charge on any atom is 0.321 e. The lowest BCUT2D eigenvalue weighted by Crippen LogP contribution is -2.66. The summed E-state index contributed by atoms with van der Waals surface area (Å²) in [5.74, 6) is 0. The molecule has 0 radical (unpaired) electrons. The monoisotopic (exact) mass is 628 g/mol. The van der Waals surface area contributed by atoms with Crippen LogP contribution in [0.4, 0.5) is 4.79 Å². The number of nitriles is 2. The van der Waals surface area contributed by atoms with E-state index in [9.17, 15) is 15.3 Å². The molecule has 8 heteroatoms. The lowest BCUT2D eigenvalue weighted by molar-refractivity contribution is -0.150. The van der Waals surface area contributed by atoms with Gasteiger partial charge < -0.3 is 24.0 Å². The van der Waals surface area contributed by atoms with Gasteiger partial charge in [-0.25, -0.2) is 4.79 Å². The highest BCUT2D eigenvalue weighted by Gasteiger charge is 2.47. The fraction of sp³-hybridized carbons (Fsp3) is 0.308. The molecule has 240 valence electrons. The molecule has 8 nitrogen and oxygen atoms in total. The number of amides is 2. The highest BCUT2D eigenvalue weighted by molar-refractivity contribution is 5.77. The van der Waals surface area contributed by atoms with Gasteiger partial charge in [-0.1, -0.05) is 84.9 Å². The first kappa shape index (κ1) is 33.4. The SMILES string of the molecule is COCCOCO[C@@H]1[C@@H](CCc2ccccc2)N(Cc2cccc(C#N)c2)C(=O)N(Cc2cccc(C#N)c2)[C@@H]1Cc1ccccc1. The van der Waals surface area contributed by atoms with E-state index >= 15 is 0 Å². The van der Waals surface area contributed by atoms with Crippen LogP contribution in [-0.2, 0) is 40.1 Å². The van der Waals surface area contributed by atoms with Crippen molar-refractivity contribution in [1.29, 1.82) is 10.5 Å². The van der Waals surface area contributed by atoms with Gasteiger partial charge in [0.1, 0.15) is 12.9 Å². The number of carbonyl (C=O) groups is 1. The van der Waals surface area contributed by atoms with Crippen molar-refractivity contribution >= 4 is 6.03 Å². The molecule has 0 saturated carbocycles. The first-order chi connectivity index (χ1) is 23.1. The molecule has 2 amide bonds. The Morgan fingerprint density at radius 1 is 0.681 bits per heavy atom. The number of nitrogens with zero attached hydrogens (tertiary/aromatic N) is 4. The van der Waals surface area contributed by atoms with Crippen LogP contribution in [0.2, 0.25) is 0 Å². The number of hydrogen-bond acceptors (Lipinski definition) is 6. The zero-order valence-corrected chi connectivity index (χ0v) is 26.7. The van der Waals surface area contributed by atoms with Crippen molar-refractivity contribution in [2.24, 2.45) is 0 Å². The zero-order chi connectivity index (χ0) is 32.8. The van der Waals surface area contributed by atoms with E-state index in [1.54, 1.807) is 19.2 Å². The second-order valence-electron chi connectivity index (χ2n) is 11.7. The van der Waals surface area contributed by atoms with E-state index in [1.807, 2.05) is 82.6 Å². The van der Waals surface area contributed by atoms with Gasteiger partial charge in [0.2, 0.25) is 0 Å². The number of rotatable bonds is 15. The third-order valence-electron chi connectivity index (χ3n) is 8.50. The Balaban J connectivity index is 1.57. The Kier molecular flexibility index (Phi) is 12.1. The second kappa shape index (κ2) is 17.1. The van der Waals surface area contributed by atoms with Gasteiger partial charge in [-0.05, 0) is 65.8 Å². The Morgan fingerprint density at radius 3 is 1.81 bits per heavy atom. The molecular weight excluding hydrogens is 588 g/mol. The number of urea groups is 1. The second-order valence-corrected chi connectivity index (χ2v) is 11.7. The third kappa shape index (κ3) is 9.06. The van der Waals surface area contributed by atoms with Gasteiger partial charge in [-0.2, -0.15) is 10.5 Å². The van der Waals surface area contributed by atoms with Crippen molar-refractivity contribution in [3.05, 3.63) is 143 Å². The Hall–Kier alpha value is -4.99. The number of carbonyl (C=O) groups excluding carboxylic acids is 1. The summed E-state index contributed by atoms with van der Waals surface area (Å²) in [6.07, 6.45) is 1.57. The van der Waals surface area contributed by atoms with Gasteiger partial charge in [0.25, 0.3) is 0 Å². The highest BCUT2D eigenvalue weighted by Crippen LogP contribution is 2.33. The van der Waals surface area contributed by atoms with E-state index in [1.165, 1.54) is 5.56 Å². The van der Waals surface area contributed by atoms with Crippen molar-refractivity contribution < 1.29 is 19.0 Å². The lowest BCUT2D eigenvalue weighted by atomic mass is 9.87. The summed E-state index contributed by atoms with van der Waals surface area (Å²) in [6, 6.07) is 38.9. The summed E-state index contributed by atoms with van der Waals surface area (Å²) in [4.78, 5) is 18.6. The van der Waals surface area contributed by atoms with Crippen molar-refractivity contribution in [1.82, 2.24) is 9.80 Å². The average Bonchev–Trinajstić information content (AvgIpc) is 3.12. The molecule has 0 aliphatic carbocycles. The fourth-order valence-corrected chi connectivity index (χ4v) is 6.21. The van der Waals surface area contributed by atoms with Gasteiger partial charge in [-0.3, -0.25) is 0 Å². The van der Waals surface area contributed by atoms with E-state index in [4.69, 9.17) is 14.2 Å². The molecule has 1 aliphatic rings. The van der Waals surface area contributed by atoms with Gasteiger partial charge in [0.15, 0.2) is 0 Å². The predicted molar refractivity (Wildman–Crippen MR) is 179 cm³/mol. The fourth-order valence-electron chi connectivity index (χ4n) is 6.21. The van der Waals surface area contributed by atoms with Crippen molar-refractivity contribution in [3.8, 4) is 12.1 Å². The van der Waals surface area contributed by atoms with Gasteiger partial charge in [-0.15, -0.1) is 0 Å². The average molecular weight is 629 g/mol. The van der Waals surface area contributed by atoms with Crippen LogP contribution in [0.25, 0.3) is 0 Å². The molecule has 47 heavy (non-hydrogen) atoms. The van der Waals surface area contributed by atoms with Crippen molar-refractivity contribution in [3.63, 3.8) is 0 Å². The molecule has 1 aliphatic heterocycles. The van der Waals surface area contributed by atoms with Crippen molar-refractivity contribution in [2.75, 3.05) is 27.1 Å². The van der Waals surface area contributed by atoms with Crippen LogP contribution in [0, 0.1) is 22.7 Å². The van der Waals surface area contributed by atoms with Crippen LogP contribution in [0.1, 0.15) is 39.8 Å². The molecule has 1 saturated heterocycles. The summed E-state index contributed by atoms with van der Waals surface area (Å²) in [6.45, 7) is 1.49. The van der Waals surface area contributed by atoms with E-state index < -0.39 is 6.10 Å². The molecule has 0 unspecified atom stereocenters. The van der Waals surface area contributed by atoms with E-state index in [0.717, 1.165) is 23.1 Å². The molecule has 0 aromatic heterocycles. The molecule has 3 atom stereocenters. The normalized spacial score (nSPS) is 17.7. The van der Waals surface area contributed by atoms with Crippen LogP contribution in [-0.4, -0.2) is 61.1 Å². The predicted octanol–water partition coefficient (Wildman–Crippen LogP) is 6.49. The molecule has 5 rings (SSSR count). The number of ether oxygens (including phenoxy) is 3. The molecular formula is C39H40N4O4.